The fourth-order valence-electron chi connectivity index (χ4n) is 1.57. The standard InChI is InChI=1S/C13H14N4O/c1-9-4-2-3-5-11(9)12-7-6-10(18-12)8-16-17-13(14)15/h2-8H,1H3,(H4,14,15,17)/b16-8+. The Morgan fingerprint density at radius 1 is 1.17 bits per heavy atom. The Bertz CT molecular complexity index is 595. The maximum atomic E-state index is 5.63. The SMILES string of the molecule is Cc1ccccc1-c1ccc(/C=N/N=C(N)N)o1. The molecule has 0 saturated carbocycles. The van der Waals surface area contributed by atoms with Crippen LogP contribution in [0.3, 0.4) is 0 Å². The number of guanidine groups is 1. The van der Waals surface area contributed by atoms with E-state index in [1.807, 2.05) is 43.3 Å². The van der Waals surface area contributed by atoms with Crippen molar-refractivity contribution in [3.8, 4) is 11.3 Å². The molecule has 4 N–H and O–H groups in total. The summed E-state index contributed by atoms with van der Waals surface area (Å²) in [6.07, 6.45) is 1.46. The van der Waals surface area contributed by atoms with Crippen molar-refractivity contribution in [2.75, 3.05) is 0 Å². The first-order chi connectivity index (χ1) is 8.66. The summed E-state index contributed by atoms with van der Waals surface area (Å²) in [5.74, 6) is 1.30. The largest absolute Gasteiger partial charge is 0.455 e. The number of furan rings is 1. The quantitative estimate of drug-likeness (QED) is 0.489. The lowest BCUT2D eigenvalue weighted by Gasteiger charge is -2.00. The van der Waals surface area contributed by atoms with Gasteiger partial charge in [0.2, 0.25) is 5.96 Å². The maximum Gasteiger partial charge on any atom is 0.211 e. The summed E-state index contributed by atoms with van der Waals surface area (Å²) in [7, 11) is 0. The minimum atomic E-state index is -0.0862. The van der Waals surface area contributed by atoms with E-state index in [2.05, 4.69) is 10.2 Å². The Morgan fingerprint density at radius 3 is 2.67 bits per heavy atom. The molecular weight excluding hydrogens is 228 g/mol. The van der Waals surface area contributed by atoms with E-state index in [1.54, 1.807) is 0 Å². The van der Waals surface area contributed by atoms with Crippen LogP contribution < -0.4 is 11.5 Å². The molecule has 0 spiro atoms. The van der Waals surface area contributed by atoms with Crippen LogP contribution in [-0.4, -0.2) is 12.2 Å². The first kappa shape index (κ1) is 11.9. The lowest BCUT2D eigenvalue weighted by molar-refractivity contribution is 0.574. The summed E-state index contributed by atoms with van der Waals surface area (Å²) in [6.45, 7) is 2.03. The molecule has 0 bridgehead atoms. The van der Waals surface area contributed by atoms with Gasteiger partial charge in [0.05, 0.1) is 6.21 Å². The van der Waals surface area contributed by atoms with Gasteiger partial charge in [-0.2, -0.15) is 5.10 Å². The van der Waals surface area contributed by atoms with E-state index >= 15 is 0 Å². The van der Waals surface area contributed by atoms with Gasteiger partial charge in [0, 0.05) is 5.56 Å². The van der Waals surface area contributed by atoms with Crippen molar-refractivity contribution in [2.24, 2.45) is 21.7 Å². The van der Waals surface area contributed by atoms with Crippen LogP contribution in [0.15, 0.2) is 51.0 Å². The first-order valence-electron chi connectivity index (χ1n) is 5.44. The molecule has 92 valence electrons. The van der Waals surface area contributed by atoms with Crippen LogP contribution in [0, 0.1) is 6.92 Å². The highest BCUT2D eigenvalue weighted by molar-refractivity contribution is 5.80. The molecule has 0 fully saturated rings. The van der Waals surface area contributed by atoms with Gasteiger partial charge in [0.25, 0.3) is 0 Å². The van der Waals surface area contributed by atoms with Gasteiger partial charge in [0.15, 0.2) is 0 Å². The number of hydrogen-bond donors (Lipinski definition) is 2. The molecular formula is C13H14N4O. The summed E-state index contributed by atoms with van der Waals surface area (Å²) in [5.41, 5.74) is 12.5. The van der Waals surface area contributed by atoms with Crippen molar-refractivity contribution < 1.29 is 4.42 Å². The maximum absolute atomic E-state index is 5.63. The molecule has 0 aliphatic carbocycles. The summed E-state index contributed by atoms with van der Waals surface area (Å²) in [5, 5.41) is 7.19. The van der Waals surface area contributed by atoms with Gasteiger partial charge in [-0.1, -0.05) is 24.3 Å². The Labute approximate surface area is 105 Å². The topological polar surface area (TPSA) is 89.9 Å². The minimum Gasteiger partial charge on any atom is -0.455 e. The van der Waals surface area contributed by atoms with Crippen molar-refractivity contribution in [2.45, 2.75) is 6.92 Å². The number of nitrogens with two attached hydrogens (primary N) is 2. The normalized spacial score (nSPS) is 10.7. The molecule has 0 saturated heterocycles. The molecule has 2 aromatic rings. The average Bonchev–Trinajstić information content (AvgIpc) is 2.78. The van der Waals surface area contributed by atoms with Crippen LogP contribution >= 0.6 is 0 Å². The Balaban J connectivity index is 2.24. The summed E-state index contributed by atoms with van der Waals surface area (Å²) in [6, 6.07) is 11.7. The highest BCUT2D eigenvalue weighted by Gasteiger charge is 2.05. The van der Waals surface area contributed by atoms with E-state index in [1.165, 1.54) is 6.21 Å². The average molecular weight is 242 g/mol. The molecule has 5 heteroatoms. The zero-order valence-corrected chi connectivity index (χ0v) is 10.00. The Kier molecular flexibility index (Phi) is 3.43. The van der Waals surface area contributed by atoms with E-state index in [9.17, 15) is 0 Å². The predicted octanol–water partition coefficient (Wildman–Crippen LogP) is 1.86. The molecule has 5 nitrogen and oxygen atoms in total. The fourth-order valence-corrected chi connectivity index (χ4v) is 1.57. The molecule has 18 heavy (non-hydrogen) atoms. The third-order valence-electron chi connectivity index (χ3n) is 2.40. The summed E-state index contributed by atoms with van der Waals surface area (Å²) < 4.78 is 5.63. The van der Waals surface area contributed by atoms with Gasteiger partial charge in [0.1, 0.15) is 11.5 Å². The highest BCUT2D eigenvalue weighted by Crippen LogP contribution is 2.24. The van der Waals surface area contributed by atoms with Gasteiger partial charge in [-0.15, -0.1) is 5.10 Å². The van der Waals surface area contributed by atoms with Gasteiger partial charge in [-0.05, 0) is 24.6 Å². The molecule has 0 unspecified atom stereocenters. The number of nitrogens with zero attached hydrogens (tertiary/aromatic N) is 2. The second-order valence-electron chi connectivity index (χ2n) is 3.79. The third kappa shape index (κ3) is 2.76. The highest BCUT2D eigenvalue weighted by atomic mass is 16.3. The van der Waals surface area contributed by atoms with Gasteiger partial charge < -0.3 is 15.9 Å². The zero-order chi connectivity index (χ0) is 13.0. The third-order valence-corrected chi connectivity index (χ3v) is 2.40. The summed E-state index contributed by atoms with van der Waals surface area (Å²) in [4.78, 5) is 0. The minimum absolute atomic E-state index is 0.0862. The molecule has 0 aliphatic rings. The van der Waals surface area contributed by atoms with Crippen molar-refractivity contribution >= 4 is 12.2 Å². The van der Waals surface area contributed by atoms with Crippen LogP contribution in [0.2, 0.25) is 0 Å². The van der Waals surface area contributed by atoms with Crippen molar-refractivity contribution in [3.63, 3.8) is 0 Å². The van der Waals surface area contributed by atoms with E-state index in [0.29, 0.717) is 5.76 Å². The molecule has 1 aromatic carbocycles. The molecule has 0 aliphatic heterocycles. The van der Waals surface area contributed by atoms with E-state index < -0.39 is 0 Å². The molecule has 1 aromatic heterocycles. The molecule has 1 heterocycles. The Morgan fingerprint density at radius 2 is 1.94 bits per heavy atom. The van der Waals surface area contributed by atoms with Crippen LogP contribution in [-0.2, 0) is 0 Å². The predicted molar refractivity (Wildman–Crippen MR) is 72.3 cm³/mol. The van der Waals surface area contributed by atoms with Gasteiger partial charge >= 0.3 is 0 Å². The van der Waals surface area contributed by atoms with Gasteiger partial charge in [-0.3, -0.25) is 0 Å². The monoisotopic (exact) mass is 242 g/mol. The molecule has 2 rings (SSSR count). The number of benzene rings is 1. The van der Waals surface area contributed by atoms with E-state index in [0.717, 1.165) is 16.9 Å². The van der Waals surface area contributed by atoms with Crippen LogP contribution in [0.5, 0.6) is 0 Å². The number of aryl methyl sites for hydroxylation is 1. The number of hydrogen-bond acceptors (Lipinski definition) is 3. The molecule has 0 radical (unpaired) electrons. The lowest BCUT2D eigenvalue weighted by atomic mass is 10.1. The van der Waals surface area contributed by atoms with Crippen LogP contribution in [0.1, 0.15) is 11.3 Å². The number of rotatable bonds is 3. The van der Waals surface area contributed by atoms with Crippen LogP contribution in [0.25, 0.3) is 11.3 Å². The first-order valence-corrected chi connectivity index (χ1v) is 5.44. The smallest absolute Gasteiger partial charge is 0.211 e. The van der Waals surface area contributed by atoms with Crippen molar-refractivity contribution in [3.05, 3.63) is 47.7 Å². The van der Waals surface area contributed by atoms with Crippen molar-refractivity contribution in [1.82, 2.24) is 0 Å². The Hall–Kier alpha value is -2.56. The zero-order valence-electron chi connectivity index (χ0n) is 10.00. The van der Waals surface area contributed by atoms with Crippen molar-refractivity contribution in [1.29, 1.82) is 0 Å². The summed E-state index contributed by atoms with van der Waals surface area (Å²) >= 11 is 0. The van der Waals surface area contributed by atoms with E-state index in [-0.39, 0.29) is 5.96 Å². The fraction of sp³-hybridized carbons (Fsp3) is 0.0769. The van der Waals surface area contributed by atoms with Gasteiger partial charge in [-0.25, -0.2) is 0 Å². The second-order valence-corrected chi connectivity index (χ2v) is 3.79. The molecule has 0 atom stereocenters. The lowest BCUT2D eigenvalue weighted by Crippen LogP contribution is -2.21. The van der Waals surface area contributed by atoms with Crippen LogP contribution in [0.4, 0.5) is 0 Å². The second kappa shape index (κ2) is 5.18. The molecule has 0 amide bonds. The van der Waals surface area contributed by atoms with E-state index in [4.69, 9.17) is 15.9 Å².